The molecule has 1 fully saturated rings. The standard InChI is InChI=1S/C30H41N3/c1-20(2)18-22(5)33-16-14-23(15-17-33)25-11-13-28-27(19-25)29(21(3)4)30(32-28)24-8-6-7-9-26(31)12-10-24/h8,10-13,19-21,23,31-32H,5-7,9,14-18H2,1-4H3/b12-10-,24-8+,31-26?. The number of hydrogen-bond donors (Lipinski definition) is 2. The van der Waals surface area contributed by atoms with E-state index in [0.29, 0.717) is 17.8 Å². The number of nitrogens with zero attached hydrogens (tertiary/aromatic N) is 1. The van der Waals surface area contributed by atoms with Crippen molar-refractivity contribution >= 4 is 22.2 Å². The van der Waals surface area contributed by atoms with E-state index in [1.54, 1.807) is 0 Å². The maximum atomic E-state index is 8.11. The number of H-pyrrole nitrogens is 1. The Morgan fingerprint density at radius 3 is 2.61 bits per heavy atom. The predicted octanol–water partition coefficient (Wildman–Crippen LogP) is 8.17. The van der Waals surface area contributed by atoms with Gasteiger partial charge in [0.05, 0.1) is 0 Å². The van der Waals surface area contributed by atoms with Gasteiger partial charge in [0.1, 0.15) is 0 Å². The van der Waals surface area contributed by atoms with Crippen LogP contribution in [0.2, 0.25) is 0 Å². The van der Waals surface area contributed by atoms with Gasteiger partial charge in [-0.2, -0.15) is 0 Å². The van der Waals surface area contributed by atoms with Gasteiger partial charge < -0.3 is 15.3 Å². The highest BCUT2D eigenvalue weighted by Gasteiger charge is 2.23. The van der Waals surface area contributed by atoms with Gasteiger partial charge in [-0.15, -0.1) is 0 Å². The molecule has 1 aromatic carbocycles. The van der Waals surface area contributed by atoms with Crippen molar-refractivity contribution in [3.05, 3.63) is 65.5 Å². The van der Waals surface area contributed by atoms with Crippen LogP contribution in [-0.4, -0.2) is 28.7 Å². The Morgan fingerprint density at radius 2 is 1.91 bits per heavy atom. The van der Waals surface area contributed by atoms with E-state index < -0.39 is 0 Å². The molecular formula is C30H41N3. The molecule has 0 atom stereocenters. The van der Waals surface area contributed by atoms with E-state index in [0.717, 1.165) is 44.5 Å². The minimum Gasteiger partial charge on any atom is -0.375 e. The highest BCUT2D eigenvalue weighted by molar-refractivity contribution is 5.97. The number of hydrogen-bond acceptors (Lipinski definition) is 2. The average molecular weight is 444 g/mol. The molecule has 1 aliphatic carbocycles. The highest BCUT2D eigenvalue weighted by Crippen LogP contribution is 2.38. The summed E-state index contributed by atoms with van der Waals surface area (Å²) in [6, 6.07) is 7.09. The van der Waals surface area contributed by atoms with Crippen molar-refractivity contribution in [1.29, 1.82) is 5.41 Å². The fraction of sp³-hybridized carbons (Fsp3) is 0.500. The predicted molar refractivity (Wildman–Crippen MR) is 143 cm³/mol. The first-order chi connectivity index (χ1) is 15.8. The molecule has 0 amide bonds. The van der Waals surface area contributed by atoms with Crippen LogP contribution in [0.1, 0.15) is 94.9 Å². The molecule has 1 saturated heterocycles. The molecule has 0 spiro atoms. The van der Waals surface area contributed by atoms with Crippen LogP contribution in [-0.2, 0) is 0 Å². The quantitative estimate of drug-likeness (QED) is 0.464. The van der Waals surface area contributed by atoms with E-state index >= 15 is 0 Å². The summed E-state index contributed by atoms with van der Waals surface area (Å²) in [5, 5.41) is 9.48. The van der Waals surface area contributed by atoms with Crippen LogP contribution in [0.25, 0.3) is 16.5 Å². The monoisotopic (exact) mass is 443 g/mol. The molecule has 0 unspecified atom stereocenters. The molecule has 1 aromatic heterocycles. The Labute approximate surface area is 200 Å². The molecule has 0 radical (unpaired) electrons. The number of piperidine rings is 1. The van der Waals surface area contributed by atoms with Crippen molar-refractivity contribution in [2.75, 3.05) is 13.1 Å². The average Bonchev–Trinajstić information content (AvgIpc) is 3.15. The lowest BCUT2D eigenvalue weighted by atomic mass is 9.87. The van der Waals surface area contributed by atoms with Crippen LogP contribution >= 0.6 is 0 Å². The Morgan fingerprint density at radius 1 is 1.15 bits per heavy atom. The van der Waals surface area contributed by atoms with Gasteiger partial charge in [0.15, 0.2) is 0 Å². The number of allylic oxidation sites excluding steroid dienone is 5. The molecule has 3 nitrogen and oxygen atoms in total. The van der Waals surface area contributed by atoms with Crippen molar-refractivity contribution in [2.45, 2.75) is 78.1 Å². The first-order valence-electron chi connectivity index (χ1n) is 12.9. The SMILES string of the molecule is C=C(CC(C)C)N1CCC(c2ccc3[nH]c(C4=C/CCCC(=N)/C=C\4)c(C(C)C)c3c2)CC1. The summed E-state index contributed by atoms with van der Waals surface area (Å²) < 4.78 is 0. The van der Waals surface area contributed by atoms with Gasteiger partial charge in [-0.25, -0.2) is 0 Å². The second-order valence-electron chi connectivity index (χ2n) is 10.7. The lowest BCUT2D eigenvalue weighted by Crippen LogP contribution is -2.32. The van der Waals surface area contributed by atoms with Crippen LogP contribution in [0.5, 0.6) is 0 Å². The van der Waals surface area contributed by atoms with Gasteiger partial charge >= 0.3 is 0 Å². The third kappa shape index (κ3) is 5.34. The fourth-order valence-electron chi connectivity index (χ4n) is 5.52. The molecule has 33 heavy (non-hydrogen) atoms. The van der Waals surface area contributed by atoms with Crippen molar-refractivity contribution in [2.24, 2.45) is 5.92 Å². The Hall–Kier alpha value is -2.55. The Balaban J connectivity index is 1.60. The number of aromatic amines is 1. The lowest BCUT2D eigenvalue weighted by molar-refractivity contribution is 0.251. The lowest BCUT2D eigenvalue weighted by Gasteiger charge is -2.35. The van der Waals surface area contributed by atoms with Gasteiger partial charge in [-0.05, 0) is 91.2 Å². The molecule has 0 bridgehead atoms. The number of aromatic nitrogens is 1. The van der Waals surface area contributed by atoms with E-state index in [2.05, 4.69) is 74.5 Å². The van der Waals surface area contributed by atoms with Gasteiger partial charge in [-0.3, -0.25) is 0 Å². The van der Waals surface area contributed by atoms with E-state index in [4.69, 9.17) is 5.41 Å². The zero-order valence-electron chi connectivity index (χ0n) is 21.0. The van der Waals surface area contributed by atoms with E-state index in [1.165, 1.54) is 51.8 Å². The summed E-state index contributed by atoms with van der Waals surface area (Å²) in [4.78, 5) is 6.25. The zero-order valence-corrected chi connectivity index (χ0v) is 21.0. The van der Waals surface area contributed by atoms with Crippen molar-refractivity contribution in [3.63, 3.8) is 0 Å². The third-order valence-corrected chi connectivity index (χ3v) is 7.26. The van der Waals surface area contributed by atoms with Crippen molar-refractivity contribution in [1.82, 2.24) is 9.88 Å². The molecule has 2 heterocycles. The molecule has 176 valence electrons. The maximum Gasteiger partial charge on any atom is 0.0496 e. The summed E-state index contributed by atoms with van der Waals surface area (Å²) >= 11 is 0. The van der Waals surface area contributed by atoms with Crippen LogP contribution < -0.4 is 0 Å². The molecule has 1 aliphatic heterocycles. The number of rotatable bonds is 6. The molecule has 0 saturated carbocycles. The minimum absolute atomic E-state index is 0.435. The first-order valence-corrected chi connectivity index (χ1v) is 12.9. The topological polar surface area (TPSA) is 42.9 Å². The zero-order chi connectivity index (χ0) is 23.5. The molecule has 2 N–H and O–H groups in total. The summed E-state index contributed by atoms with van der Waals surface area (Å²) in [6.45, 7) is 15.7. The second-order valence-corrected chi connectivity index (χ2v) is 10.7. The van der Waals surface area contributed by atoms with Crippen LogP contribution in [0.15, 0.2) is 48.7 Å². The van der Waals surface area contributed by atoms with E-state index in [1.807, 2.05) is 6.08 Å². The van der Waals surface area contributed by atoms with Crippen molar-refractivity contribution < 1.29 is 0 Å². The smallest absolute Gasteiger partial charge is 0.0496 e. The van der Waals surface area contributed by atoms with Crippen molar-refractivity contribution in [3.8, 4) is 0 Å². The summed E-state index contributed by atoms with van der Waals surface area (Å²) in [6.07, 6.45) is 12.9. The fourth-order valence-corrected chi connectivity index (χ4v) is 5.52. The van der Waals surface area contributed by atoms with E-state index in [9.17, 15) is 0 Å². The third-order valence-electron chi connectivity index (χ3n) is 7.26. The van der Waals surface area contributed by atoms with Crippen LogP contribution in [0.4, 0.5) is 0 Å². The summed E-state index contributed by atoms with van der Waals surface area (Å²) in [7, 11) is 0. The molecule has 3 heteroatoms. The summed E-state index contributed by atoms with van der Waals surface area (Å²) in [5.74, 6) is 1.73. The van der Waals surface area contributed by atoms with Gasteiger partial charge in [0.2, 0.25) is 0 Å². The number of likely N-dealkylation sites (tertiary alicyclic amines) is 1. The largest absolute Gasteiger partial charge is 0.375 e. The van der Waals surface area contributed by atoms with Crippen LogP contribution in [0, 0.1) is 11.3 Å². The molecule has 4 rings (SSSR count). The Bertz CT molecular complexity index is 1070. The normalized spacial score (nSPS) is 20.7. The molecular weight excluding hydrogens is 402 g/mol. The van der Waals surface area contributed by atoms with Crippen LogP contribution in [0.3, 0.4) is 0 Å². The minimum atomic E-state index is 0.435. The van der Waals surface area contributed by atoms with Gasteiger partial charge in [0, 0.05) is 41.1 Å². The molecule has 2 aromatic rings. The summed E-state index contributed by atoms with van der Waals surface area (Å²) in [5.41, 5.74) is 8.63. The Kier molecular flexibility index (Phi) is 7.26. The number of fused-ring (bicyclic) bond motifs is 1. The van der Waals surface area contributed by atoms with E-state index in [-0.39, 0.29) is 0 Å². The number of nitrogens with one attached hydrogen (secondary N) is 2. The molecule has 2 aliphatic rings. The second kappa shape index (κ2) is 10.2. The van der Waals surface area contributed by atoms with Gasteiger partial charge in [-0.1, -0.05) is 52.5 Å². The first kappa shape index (κ1) is 23.6. The maximum absolute atomic E-state index is 8.11. The highest BCUT2D eigenvalue weighted by atomic mass is 15.1. The van der Waals surface area contributed by atoms with Gasteiger partial charge in [0.25, 0.3) is 0 Å². The number of benzene rings is 1.